The monoisotopic (exact) mass is 233 g/mol. The van der Waals surface area contributed by atoms with E-state index in [-0.39, 0.29) is 0 Å². The molecule has 2 rings (SSSR count). The molecule has 1 aromatic heterocycles. The van der Waals surface area contributed by atoms with Crippen molar-refractivity contribution >= 4 is 6.08 Å². The number of aromatic nitrogens is 2. The Balaban J connectivity index is 2.16. The molecule has 0 radical (unpaired) electrons. The Morgan fingerprint density at radius 1 is 1.47 bits per heavy atom. The summed E-state index contributed by atoms with van der Waals surface area (Å²) in [4.78, 5) is 4.20. The highest BCUT2D eigenvalue weighted by molar-refractivity contribution is 5.50. The van der Waals surface area contributed by atoms with Crippen molar-refractivity contribution in [1.82, 2.24) is 9.55 Å². The van der Waals surface area contributed by atoms with Gasteiger partial charge in [0, 0.05) is 13.1 Å². The van der Waals surface area contributed by atoms with Crippen molar-refractivity contribution in [2.45, 2.75) is 45.6 Å². The predicted molar refractivity (Wildman–Crippen MR) is 71.5 cm³/mol. The SMILES string of the molecule is CCn1cncc1C=C(CN)C1CCCCC1. The van der Waals surface area contributed by atoms with Crippen LogP contribution in [0.15, 0.2) is 18.1 Å². The van der Waals surface area contributed by atoms with Crippen LogP contribution in [0.3, 0.4) is 0 Å². The molecule has 0 saturated heterocycles. The summed E-state index contributed by atoms with van der Waals surface area (Å²) in [5.74, 6) is 0.703. The third-order valence-corrected chi connectivity index (χ3v) is 3.78. The van der Waals surface area contributed by atoms with Crippen LogP contribution in [0.2, 0.25) is 0 Å². The molecule has 1 aliphatic carbocycles. The molecule has 0 bridgehead atoms. The molecule has 3 nitrogen and oxygen atoms in total. The van der Waals surface area contributed by atoms with Crippen LogP contribution in [0, 0.1) is 5.92 Å². The van der Waals surface area contributed by atoms with E-state index in [1.54, 1.807) is 0 Å². The van der Waals surface area contributed by atoms with E-state index in [2.05, 4.69) is 22.6 Å². The molecule has 0 amide bonds. The molecule has 2 N–H and O–H groups in total. The van der Waals surface area contributed by atoms with E-state index in [0.29, 0.717) is 12.5 Å². The van der Waals surface area contributed by atoms with E-state index in [9.17, 15) is 0 Å². The van der Waals surface area contributed by atoms with E-state index in [0.717, 1.165) is 6.54 Å². The lowest BCUT2D eigenvalue weighted by atomic mass is 9.83. The summed E-state index contributed by atoms with van der Waals surface area (Å²) < 4.78 is 2.17. The molecule has 1 aromatic rings. The number of nitrogens with two attached hydrogens (primary N) is 1. The maximum absolute atomic E-state index is 5.91. The summed E-state index contributed by atoms with van der Waals surface area (Å²) in [7, 11) is 0. The first-order valence-electron chi connectivity index (χ1n) is 6.75. The molecular formula is C14H23N3. The standard InChI is InChI=1S/C14H23N3/c1-2-17-11-16-10-14(17)8-13(9-15)12-6-4-3-5-7-12/h8,10-12H,2-7,9,15H2,1H3. The van der Waals surface area contributed by atoms with E-state index < -0.39 is 0 Å². The summed E-state index contributed by atoms with van der Waals surface area (Å²) in [6.45, 7) is 3.79. The molecule has 0 spiro atoms. The molecule has 3 heteroatoms. The molecule has 1 fully saturated rings. The number of nitrogens with zero attached hydrogens (tertiary/aromatic N) is 2. The predicted octanol–water partition coefficient (Wildman–Crippen LogP) is 2.83. The van der Waals surface area contributed by atoms with Crippen molar-refractivity contribution in [1.29, 1.82) is 0 Å². The Morgan fingerprint density at radius 2 is 2.24 bits per heavy atom. The Labute approximate surface area is 104 Å². The van der Waals surface area contributed by atoms with Crippen LogP contribution in [0.1, 0.15) is 44.7 Å². The summed E-state index contributed by atoms with van der Waals surface area (Å²) in [6.07, 6.45) is 12.8. The lowest BCUT2D eigenvalue weighted by Gasteiger charge is -2.24. The fourth-order valence-electron chi connectivity index (χ4n) is 2.72. The third kappa shape index (κ3) is 2.97. The summed E-state index contributed by atoms with van der Waals surface area (Å²) in [5.41, 5.74) is 8.51. The van der Waals surface area contributed by atoms with Gasteiger partial charge in [-0.1, -0.05) is 24.8 Å². The number of hydrogen-bond donors (Lipinski definition) is 1. The Kier molecular flexibility index (Phi) is 4.37. The van der Waals surface area contributed by atoms with Crippen molar-refractivity contribution in [3.8, 4) is 0 Å². The number of rotatable bonds is 4. The second kappa shape index (κ2) is 6.01. The maximum atomic E-state index is 5.91. The number of imidazole rings is 1. The molecule has 0 unspecified atom stereocenters. The van der Waals surface area contributed by atoms with Gasteiger partial charge in [0.15, 0.2) is 0 Å². The van der Waals surface area contributed by atoms with Gasteiger partial charge in [0.1, 0.15) is 0 Å². The zero-order chi connectivity index (χ0) is 12.1. The van der Waals surface area contributed by atoms with Gasteiger partial charge in [-0.2, -0.15) is 0 Å². The minimum Gasteiger partial charge on any atom is -0.331 e. The Bertz CT molecular complexity index is 373. The first-order chi connectivity index (χ1) is 8.35. The fourth-order valence-corrected chi connectivity index (χ4v) is 2.72. The molecule has 94 valence electrons. The van der Waals surface area contributed by atoms with Gasteiger partial charge in [-0.15, -0.1) is 0 Å². The van der Waals surface area contributed by atoms with E-state index in [4.69, 9.17) is 5.73 Å². The normalized spacial score (nSPS) is 18.6. The minimum absolute atomic E-state index is 0.680. The van der Waals surface area contributed by atoms with Crippen molar-refractivity contribution < 1.29 is 0 Å². The lowest BCUT2D eigenvalue weighted by Crippen LogP contribution is -2.16. The average Bonchev–Trinajstić information content (AvgIpc) is 2.84. The molecule has 0 aliphatic heterocycles. The van der Waals surface area contributed by atoms with Crippen LogP contribution in [-0.2, 0) is 6.54 Å². The Hall–Kier alpha value is -1.09. The number of aryl methyl sites for hydroxylation is 1. The highest BCUT2D eigenvalue weighted by Crippen LogP contribution is 2.30. The second-order valence-corrected chi connectivity index (χ2v) is 4.86. The van der Waals surface area contributed by atoms with Gasteiger partial charge in [-0.25, -0.2) is 4.98 Å². The van der Waals surface area contributed by atoms with E-state index in [1.165, 1.54) is 43.4 Å². The van der Waals surface area contributed by atoms with E-state index in [1.807, 2.05) is 12.5 Å². The second-order valence-electron chi connectivity index (χ2n) is 4.86. The highest BCUT2D eigenvalue weighted by atomic mass is 15.0. The zero-order valence-corrected chi connectivity index (χ0v) is 10.7. The highest BCUT2D eigenvalue weighted by Gasteiger charge is 2.17. The lowest BCUT2D eigenvalue weighted by molar-refractivity contribution is 0.401. The van der Waals surface area contributed by atoms with Crippen molar-refractivity contribution in [3.63, 3.8) is 0 Å². The molecule has 17 heavy (non-hydrogen) atoms. The minimum atomic E-state index is 0.680. The van der Waals surface area contributed by atoms with Crippen LogP contribution in [0.5, 0.6) is 0 Å². The molecule has 1 saturated carbocycles. The van der Waals surface area contributed by atoms with Crippen LogP contribution in [-0.4, -0.2) is 16.1 Å². The smallest absolute Gasteiger partial charge is 0.0950 e. The average molecular weight is 233 g/mol. The zero-order valence-electron chi connectivity index (χ0n) is 10.7. The summed E-state index contributed by atoms with van der Waals surface area (Å²) in [5, 5.41) is 0. The summed E-state index contributed by atoms with van der Waals surface area (Å²) in [6, 6.07) is 0. The van der Waals surface area contributed by atoms with Crippen LogP contribution >= 0.6 is 0 Å². The van der Waals surface area contributed by atoms with Crippen LogP contribution in [0.25, 0.3) is 6.08 Å². The summed E-state index contributed by atoms with van der Waals surface area (Å²) >= 11 is 0. The van der Waals surface area contributed by atoms with Gasteiger partial charge in [0.25, 0.3) is 0 Å². The van der Waals surface area contributed by atoms with E-state index >= 15 is 0 Å². The Morgan fingerprint density at radius 3 is 2.88 bits per heavy atom. The van der Waals surface area contributed by atoms with Crippen LogP contribution < -0.4 is 5.73 Å². The number of hydrogen-bond acceptors (Lipinski definition) is 2. The van der Waals surface area contributed by atoms with Gasteiger partial charge >= 0.3 is 0 Å². The third-order valence-electron chi connectivity index (χ3n) is 3.78. The molecule has 1 heterocycles. The van der Waals surface area contributed by atoms with Crippen molar-refractivity contribution in [2.24, 2.45) is 11.7 Å². The first-order valence-corrected chi connectivity index (χ1v) is 6.75. The van der Waals surface area contributed by atoms with Gasteiger partial charge in [-0.3, -0.25) is 0 Å². The maximum Gasteiger partial charge on any atom is 0.0950 e. The van der Waals surface area contributed by atoms with Crippen LogP contribution in [0.4, 0.5) is 0 Å². The molecule has 0 atom stereocenters. The van der Waals surface area contributed by atoms with Gasteiger partial charge in [0.05, 0.1) is 18.2 Å². The largest absolute Gasteiger partial charge is 0.331 e. The van der Waals surface area contributed by atoms with Crippen molar-refractivity contribution in [3.05, 3.63) is 23.8 Å². The van der Waals surface area contributed by atoms with Gasteiger partial charge in [0.2, 0.25) is 0 Å². The fraction of sp³-hybridized carbons (Fsp3) is 0.643. The molecular weight excluding hydrogens is 210 g/mol. The molecule has 1 aliphatic rings. The molecule has 0 aromatic carbocycles. The van der Waals surface area contributed by atoms with Crippen molar-refractivity contribution in [2.75, 3.05) is 6.54 Å². The topological polar surface area (TPSA) is 43.8 Å². The quantitative estimate of drug-likeness (QED) is 0.869. The van der Waals surface area contributed by atoms with Gasteiger partial charge < -0.3 is 10.3 Å². The first kappa shape index (κ1) is 12.4. The van der Waals surface area contributed by atoms with Gasteiger partial charge in [-0.05, 0) is 31.8 Å².